The minimum Gasteiger partial charge on any atom is -0.484 e. The molecule has 0 saturated heterocycles. The van der Waals surface area contributed by atoms with Crippen LogP contribution in [-0.2, 0) is 11.3 Å². The first-order valence-corrected chi connectivity index (χ1v) is 7.67. The van der Waals surface area contributed by atoms with E-state index in [0.29, 0.717) is 22.4 Å². The first kappa shape index (κ1) is 17.1. The molecule has 0 unspecified atom stereocenters. The highest BCUT2D eigenvalue weighted by Crippen LogP contribution is 2.16. The maximum Gasteiger partial charge on any atom is 0.276 e. The van der Waals surface area contributed by atoms with Gasteiger partial charge in [-0.2, -0.15) is 0 Å². The molecule has 23 heavy (non-hydrogen) atoms. The van der Waals surface area contributed by atoms with Crippen LogP contribution in [0.4, 0.5) is 0 Å². The molecule has 2 aromatic rings. The predicted molar refractivity (Wildman–Crippen MR) is 94.1 cm³/mol. The van der Waals surface area contributed by atoms with Gasteiger partial charge in [0.25, 0.3) is 5.91 Å². The Hall–Kier alpha value is -2.31. The SMILES string of the molecule is O=C(COc1cccc(Cl)c1)NNC(=S)NCc1ccccc1. The van der Waals surface area contributed by atoms with Crippen molar-refractivity contribution in [1.82, 2.24) is 16.2 Å². The summed E-state index contributed by atoms with van der Waals surface area (Å²) in [5, 5.41) is 3.86. The highest BCUT2D eigenvalue weighted by molar-refractivity contribution is 7.80. The van der Waals surface area contributed by atoms with Crippen LogP contribution in [-0.4, -0.2) is 17.6 Å². The van der Waals surface area contributed by atoms with Gasteiger partial charge in [0.15, 0.2) is 11.7 Å². The fourth-order valence-corrected chi connectivity index (χ4v) is 1.99. The van der Waals surface area contributed by atoms with Crippen LogP contribution < -0.4 is 20.9 Å². The lowest BCUT2D eigenvalue weighted by Gasteiger charge is -2.12. The molecule has 2 aromatic carbocycles. The van der Waals surface area contributed by atoms with E-state index in [1.54, 1.807) is 24.3 Å². The molecule has 2 rings (SSSR count). The summed E-state index contributed by atoms with van der Waals surface area (Å²) < 4.78 is 5.31. The molecule has 0 aromatic heterocycles. The van der Waals surface area contributed by atoms with Crippen molar-refractivity contribution in [2.24, 2.45) is 0 Å². The minimum atomic E-state index is -0.353. The molecule has 0 heterocycles. The van der Waals surface area contributed by atoms with Crippen molar-refractivity contribution in [3.63, 3.8) is 0 Å². The molecule has 0 spiro atoms. The number of thiocarbonyl (C=S) groups is 1. The third-order valence-corrected chi connectivity index (χ3v) is 3.26. The van der Waals surface area contributed by atoms with E-state index >= 15 is 0 Å². The van der Waals surface area contributed by atoms with Gasteiger partial charge in [0.05, 0.1) is 0 Å². The van der Waals surface area contributed by atoms with Gasteiger partial charge >= 0.3 is 0 Å². The summed E-state index contributed by atoms with van der Waals surface area (Å²) >= 11 is 10.9. The number of benzene rings is 2. The largest absolute Gasteiger partial charge is 0.484 e. The summed E-state index contributed by atoms with van der Waals surface area (Å²) in [5.74, 6) is 0.172. The van der Waals surface area contributed by atoms with Crippen LogP contribution in [0.2, 0.25) is 5.02 Å². The van der Waals surface area contributed by atoms with E-state index in [1.807, 2.05) is 30.3 Å². The van der Waals surface area contributed by atoms with E-state index in [9.17, 15) is 4.79 Å². The molecule has 0 atom stereocenters. The Balaban J connectivity index is 1.64. The number of halogens is 1. The third-order valence-electron chi connectivity index (χ3n) is 2.78. The Bertz CT molecular complexity index is 667. The van der Waals surface area contributed by atoms with Crippen molar-refractivity contribution in [2.45, 2.75) is 6.54 Å². The van der Waals surface area contributed by atoms with Crippen LogP contribution in [0.25, 0.3) is 0 Å². The van der Waals surface area contributed by atoms with E-state index in [2.05, 4.69) is 16.2 Å². The molecule has 1 amide bonds. The lowest BCUT2D eigenvalue weighted by Crippen LogP contribution is -2.48. The summed E-state index contributed by atoms with van der Waals surface area (Å²) in [6.07, 6.45) is 0. The average molecular weight is 350 g/mol. The fraction of sp³-hybridized carbons (Fsp3) is 0.125. The Morgan fingerprint density at radius 2 is 1.87 bits per heavy atom. The van der Waals surface area contributed by atoms with Crippen molar-refractivity contribution in [1.29, 1.82) is 0 Å². The molecule has 0 fully saturated rings. The van der Waals surface area contributed by atoms with Gasteiger partial charge < -0.3 is 10.1 Å². The topological polar surface area (TPSA) is 62.4 Å². The van der Waals surface area contributed by atoms with Crippen LogP contribution in [0.3, 0.4) is 0 Å². The molecule has 0 aliphatic carbocycles. The number of amides is 1. The molecule has 3 N–H and O–H groups in total. The normalized spacial score (nSPS) is 9.78. The highest BCUT2D eigenvalue weighted by Gasteiger charge is 2.04. The quantitative estimate of drug-likeness (QED) is 0.571. The highest BCUT2D eigenvalue weighted by atomic mass is 35.5. The van der Waals surface area contributed by atoms with Crippen LogP contribution >= 0.6 is 23.8 Å². The lowest BCUT2D eigenvalue weighted by molar-refractivity contribution is -0.123. The van der Waals surface area contributed by atoms with Gasteiger partial charge in [-0.15, -0.1) is 0 Å². The van der Waals surface area contributed by atoms with E-state index in [0.717, 1.165) is 5.56 Å². The van der Waals surface area contributed by atoms with Crippen molar-refractivity contribution in [2.75, 3.05) is 6.61 Å². The standard InChI is InChI=1S/C16H16ClN3O2S/c17-13-7-4-8-14(9-13)22-11-15(21)19-20-16(23)18-10-12-5-2-1-3-6-12/h1-9H,10-11H2,(H,19,21)(H2,18,20,23). The van der Waals surface area contributed by atoms with Crippen LogP contribution in [0.15, 0.2) is 54.6 Å². The van der Waals surface area contributed by atoms with E-state index in [-0.39, 0.29) is 12.5 Å². The predicted octanol–water partition coefficient (Wildman–Crippen LogP) is 2.41. The van der Waals surface area contributed by atoms with Gasteiger partial charge in [-0.25, -0.2) is 0 Å². The maximum atomic E-state index is 11.7. The van der Waals surface area contributed by atoms with Crippen LogP contribution in [0, 0.1) is 0 Å². The number of hydrazine groups is 1. The summed E-state index contributed by atoms with van der Waals surface area (Å²) in [6.45, 7) is 0.427. The van der Waals surface area contributed by atoms with Gasteiger partial charge in [-0.3, -0.25) is 15.6 Å². The number of rotatable bonds is 5. The van der Waals surface area contributed by atoms with Crippen molar-refractivity contribution >= 4 is 34.8 Å². The maximum absolute atomic E-state index is 11.7. The van der Waals surface area contributed by atoms with Crippen LogP contribution in [0.5, 0.6) is 5.75 Å². The molecule has 5 nitrogen and oxygen atoms in total. The van der Waals surface area contributed by atoms with Crippen molar-refractivity contribution in [3.05, 3.63) is 65.2 Å². The zero-order valence-corrected chi connectivity index (χ0v) is 13.8. The molecular formula is C16H16ClN3O2S. The number of nitrogens with one attached hydrogen (secondary N) is 3. The van der Waals surface area contributed by atoms with E-state index < -0.39 is 0 Å². The van der Waals surface area contributed by atoms with Gasteiger partial charge in [-0.1, -0.05) is 48.0 Å². The van der Waals surface area contributed by atoms with Crippen molar-refractivity contribution in [3.8, 4) is 5.75 Å². The monoisotopic (exact) mass is 349 g/mol. The first-order valence-electron chi connectivity index (χ1n) is 6.88. The third kappa shape index (κ3) is 6.54. The zero-order valence-electron chi connectivity index (χ0n) is 12.2. The van der Waals surface area contributed by atoms with Crippen molar-refractivity contribution < 1.29 is 9.53 Å². The first-order chi connectivity index (χ1) is 11.1. The van der Waals surface area contributed by atoms with Gasteiger partial charge in [0.1, 0.15) is 5.75 Å². The molecule has 120 valence electrons. The zero-order chi connectivity index (χ0) is 16.5. The summed E-state index contributed by atoms with van der Waals surface area (Å²) in [6, 6.07) is 16.6. The molecule has 7 heteroatoms. The van der Waals surface area contributed by atoms with Gasteiger partial charge in [-0.05, 0) is 36.0 Å². The van der Waals surface area contributed by atoms with E-state index in [1.165, 1.54) is 0 Å². The average Bonchev–Trinajstić information content (AvgIpc) is 2.57. The molecule has 0 aliphatic rings. The summed E-state index contributed by atoms with van der Waals surface area (Å²) in [4.78, 5) is 11.7. The number of ether oxygens (including phenoxy) is 1. The number of hydrogen-bond acceptors (Lipinski definition) is 3. The molecule has 0 saturated carbocycles. The molecule has 0 aliphatic heterocycles. The van der Waals surface area contributed by atoms with Crippen LogP contribution in [0.1, 0.15) is 5.56 Å². The summed E-state index contributed by atoms with van der Waals surface area (Å²) in [5.41, 5.74) is 6.16. The molecule has 0 radical (unpaired) electrons. The number of hydrogen-bond donors (Lipinski definition) is 3. The Morgan fingerprint density at radius 1 is 1.09 bits per heavy atom. The second-order valence-electron chi connectivity index (χ2n) is 4.59. The lowest BCUT2D eigenvalue weighted by atomic mass is 10.2. The van der Waals surface area contributed by atoms with E-state index in [4.69, 9.17) is 28.6 Å². The smallest absolute Gasteiger partial charge is 0.276 e. The second-order valence-corrected chi connectivity index (χ2v) is 5.43. The number of carbonyl (C=O) groups is 1. The number of carbonyl (C=O) groups excluding carboxylic acids is 1. The summed E-state index contributed by atoms with van der Waals surface area (Å²) in [7, 11) is 0. The fourth-order valence-electron chi connectivity index (χ4n) is 1.69. The Labute approximate surface area is 145 Å². The Kier molecular flexibility index (Phi) is 6.65. The Morgan fingerprint density at radius 3 is 2.61 bits per heavy atom. The van der Waals surface area contributed by atoms with Gasteiger partial charge in [0.2, 0.25) is 0 Å². The molecular weight excluding hydrogens is 334 g/mol. The van der Waals surface area contributed by atoms with Gasteiger partial charge in [0, 0.05) is 11.6 Å². The molecule has 0 bridgehead atoms. The second kappa shape index (κ2) is 8.97. The minimum absolute atomic E-state index is 0.144.